The van der Waals surface area contributed by atoms with Crippen molar-refractivity contribution in [2.24, 2.45) is 5.73 Å². The fourth-order valence-electron chi connectivity index (χ4n) is 2.34. The van der Waals surface area contributed by atoms with Crippen LogP contribution in [0, 0.1) is 12.3 Å². The smallest absolute Gasteiger partial charge is 0.250 e. The molecule has 16 heavy (non-hydrogen) atoms. The Balaban J connectivity index is 2.33. The maximum Gasteiger partial charge on any atom is 0.250 e. The van der Waals surface area contributed by atoms with Crippen molar-refractivity contribution in [2.45, 2.75) is 24.2 Å². The SMILES string of the molecule is C#Cc1cccc(C2(CN)CC(F)(F)C2)c1. The van der Waals surface area contributed by atoms with E-state index in [-0.39, 0.29) is 19.4 Å². The lowest BCUT2D eigenvalue weighted by Gasteiger charge is -2.47. The van der Waals surface area contributed by atoms with Gasteiger partial charge in [0.25, 0.3) is 0 Å². The van der Waals surface area contributed by atoms with Gasteiger partial charge in [-0.1, -0.05) is 18.1 Å². The van der Waals surface area contributed by atoms with Crippen molar-refractivity contribution in [1.82, 2.24) is 0 Å². The van der Waals surface area contributed by atoms with Crippen molar-refractivity contribution in [1.29, 1.82) is 0 Å². The van der Waals surface area contributed by atoms with Crippen LogP contribution in [0.1, 0.15) is 24.0 Å². The molecule has 1 aliphatic carbocycles. The third-order valence-corrected chi connectivity index (χ3v) is 3.23. The molecule has 84 valence electrons. The van der Waals surface area contributed by atoms with Gasteiger partial charge in [-0.2, -0.15) is 0 Å². The number of hydrogen-bond acceptors (Lipinski definition) is 1. The van der Waals surface area contributed by atoms with Crippen LogP contribution in [0.25, 0.3) is 0 Å². The van der Waals surface area contributed by atoms with Gasteiger partial charge in [0.05, 0.1) is 0 Å². The predicted octanol–water partition coefficient (Wildman–Crippen LogP) is 2.29. The average Bonchev–Trinajstić information content (AvgIpc) is 2.25. The summed E-state index contributed by atoms with van der Waals surface area (Å²) in [6.45, 7) is 0.233. The van der Waals surface area contributed by atoms with E-state index in [1.165, 1.54) is 0 Å². The molecule has 1 fully saturated rings. The van der Waals surface area contributed by atoms with Gasteiger partial charge in [0.1, 0.15) is 0 Å². The van der Waals surface area contributed by atoms with Crippen molar-refractivity contribution in [3.05, 3.63) is 35.4 Å². The lowest BCUT2D eigenvalue weighted by molar-refractivity contribution is -0.123. The van der Waals surface area contributed by atoms with Crippen molar-refractivity contribution >= 4 is 0 Å². The Hall–Kier alpha value is -1.40. The quantitative estimate of drug-likeness (QED) is 0.762. The molecular formula is C13H13F2N. The molecule has 0 saturated heterocycles. The second-order valence-corrected chi connectivity index (χ2v) is 4.42. The standard InChI is InChI=1S/C13H13F2N/c1-2-10-4-3-5-11(6-10)12(9-16)7-13(14,15)8-12/h1,3-6H,7-9,16H2. The molecule has 0 amide bonds. The third kappa shape index (κ3) is 1.70. The van der Waals surface area contributed by atoms with Gasteiger partial charge in [-0.05, 0) is 17.7 Å². The number of nitrogens with two attached hydrogens (primary N) is 1. The molecule has 0 aliphatic heterocycles. The number of alkyl halides is 2. The summed E-state index contributed by atoms with van der Waals surface area (Å²) in [6, 6.07) is 7.17. The molecule has 0 bridgehead atoms. The highest BCUT2D eigenvalue weighted by Crippen LogP contribution is 2.52. The van der Waals surface area contributed by atoms with Gasteiger partial charge in [0.15, 0.2) is 0 Å². The summed E-state index contributed by atoms with van der Waals surface area (Å²) in [4.78, 5) is 0. The summed E-state index contributed by atoms with van der Waals surface area (Å²) in [5.41, 5.74) is 6.58. The second kappa shape index (κ2) is 3.57. The van der Waals surface area contributed by atoms with E-state index in [0.717, 1.165) is 5.56 Å². The molecule has 1 saturated carbocycles. The first-order chi connectivity index (χ1) is 7.51. The zero-order chi connectivity index (χ0) is 11.8. The molecule has 0 radical (unpaired) electrons. The van der Waals surface area contributed by atoms with E-state index in [9.17, 15) is 8.78 Å². The van der Waals surface area contributed by atoms with Crippen LogP contribution < -0.4 is 5.73 Å². The first-order valence-electron chi connectivity index (χ1n) is 5.16. The highest BCUT2D eigenvalue weighted by Gasteiger charge is 2.56. The van der Waals surface area contributed by atoms with E-state index in [1.807, 2.05) is 6.07 Å². The highest BCUT2D eigenvalue weighted by atomic mass is 19.3. The molecule has 0 aromatic heterocycles. The van der Waals surface area contributed by atoms with Gasteiger partial charge in [-0.3, -0.25) is 0 Å². The first-order valence-corrected chi connectivity index (χ1v) is 5.16. The molecular weight excluding hydrogens is 208 g/mol. The fourth-order valence-corrected chi connectivity index (χ4v) is 2.34. The van der Waals surface area contributed by atoms with Gasteiger partial charge in [0, 0.05) is 30.4 Å². The number of terminal acetylenes is 1. The minimum Gasteiger partial charge on any atom is -0.330 e. The zero-order valence-corrected chi connectivity index (χ0v) is 8.84. The van der Waals surface area contributed by atoms with Crippen LogP contribution in [0.2, 0.25) is 0 Å². The normalized spacial score (nSPS) is 20.9. The Kier molecular flexibility index (Phi) is 2.47. The van der Waals surface area contributed by atoms with Crippen LogP contribution >= 0.6 is 0 Å². The number of halogens is 2. The van der Waals surface area contributed by atoms with Crippen LogP contribution in [0.3, 0.4) is 0 Å². The molecule has 1 nitrogen and oxygen atoms in total. The van der Waals surface area contributed by atoms with Crippen molar-refractivity contribution in [2.75, 3.05) is 6.54 Å². The van der Waals surface area contributed by atoms with E-state index in [0.29, 0.717) is 5.56 Å². The molecule has 0 atom stereocenters. The molecule has 1 aromatic carbocycles. The van der Waals surface area contributed by atoms with E-state index in [1.54, 1.807) is 18.2 Å². The van der Waals surface area contributed by atoms with E-state index < -0.39 is 11.3 Å². The molecule has 0 heterocycles. The number of rotatable bonds is 2. The van der Waals surface area contributed by atoms with Crippen LogP contribution in [-0.2, 0) is 5.41 Å². The van der Waals surface area contributed by atoms with Crippen LogP contribution in [0.15, 0.2) is 24.3 Å². The zero-order valence-electron chi connectivity index (χ0n) is 8.84. The highest BCUT2D eigenvalue weighted by molar-refractivity contribution is 5.40. The minimum atomic E-state index is -2.58. The first kappa shape index (κ1) is 11.1. The lowest BCUT2D eigenvalue weighted by atomic mass is 9.62. The summed E-state index contributed by atoms with van der Waals surface area (Å²) in [6.07, 6.45) is 4.93. The largest absolute Gasteiger partial charge is 0.330 e. The molecule has 1 aliphatic rings. The molecule has 0 unspecified atom stereocenters. The maximum atomic E-state index is 13.0. The Morgan fingerprint density at radius 1 is 1.38 bits per heavy atom. The summed E-state index contributed by atoms with van der Waals surface area (Å²) in [7, 11) is 0. The average molecular weight is 221 g/mol. The molecule has 2 N–H and O–H groups in total. The van der Waals surface area contributed by atoms with E-state index in [2.05, 4.69) is 5.92 Å². The van der Waals surface area contributed by atoms with Crippen LogP contribution in [-0.4, -0.2) is 12.5 Å². The van der Waals surface area contributed by atoms with Gasteiger partial charge < -0.3 is 5.73 Å². The topological polar surface area (TPSA) is 26.0 Å². The van der Waals surface area contributed by atoms with Gasteiger partial charge in [-0.15, -0.1) is 6.42 Å². The Morgan fingerprint density at radius 2 is 2.06 bits per heavy atom. The molecule has 2 rings (SSSR count). The van der Waals surface area contributed by atoms with Crippen molar-refractivity contribution in [3.63, 3.8) is 0 Å². The number of benzene rings is 1. The Bertz CT molecular complexity index is 437. The predicted molar refractivity (Wildman–Crippen MR) is 59.3 cm³/mol. The minimum absolute atomic E-state index is 0.176. The summed E-state index contributed by atoms with van der Waals surface area (Å²) < 4.78 is 26.0. The molecule has 0 spiro atoms. The Labute approximate surface area is 93.7 Å². The number of hydrogen-bond donors (Lipinski definition) is 1. The fraction of sp³-hybridized carbons (Fsp3) is 0.385. The summed E-state index contributed by atoms with van der Waals surface area (Å²) >= 11 is 0. The Morgan fingerprint density at radius 3 is 2.56 bits per heavy atom. The molecule has 3 heteroatoms. The van der Waals surface area contributed by atoms with Crippen LogP contribution in [0.5, 0.6) is 0 Å². The van der Waals surface area contributed by atoms with Gasteiger partial charge >= 0.3 is 0 Å². The van der Waals surface area contributed by atoms with E-state index in [4.69, 9.17) is 12.2 Å². The lowest BCUT2D eigenvalue weighted by Crippen LogP contribution is -2.53. The third-order valence-electron chi connectivity index (χ3n) is 3.23. The second-order valence-electron chi connectivity index (χ2n) is 4.42. The summed E-state index contributed by atoms with van der Waals surface area (Å²) in [5.74, 6) is -0.0737. The van der Waals surface area contributed by atoms with Gasteiger partial charge in [0.2, 0.25) is 5.92 Å². The van der Waals surface area contributed by atoms with Crippen LogP contribution in [0.4, 0.5) is 8.78 Å². The monoisotopic (exact) mass is 221 g/mol. The van der Waals surface area contributed by atoms with Crippen molar-refractivity contribution in [3.8, 4) is 12.3 Å². The summed E-state index contributed by atoms with van der Waals surface area (Å²) in [5, 5.41) is 0. The maximum absolute atomic E-state index is 13.0. The van der Waals surface area contributed by atoms with Gasteiger partial charge in [-0.25, -0.2) is 8.78 Å². The van der Waals surface area contributed by atoms with Crippen molar-refractivity contribution < 1.29 is 8.78 Å². The van der Waals surface area contributed by atoms with E-state index >= 15 is 0 Å². The molecule has 1 aromatic rings.